The first kappa shape index (κ1) is 16.2. The number of unbranched alkanes of at least 4 members (excludes halogenated alkanes) is 1. The third kappa shape index (κ3) is 6.74. The number of hydrogen-bond donors (Lipinski definition) is 1. The Morgan fingerprint density at radius 3 is 2.37 bits per heavy atom. The molecule has 0 fully saturated rings. The number of nitrogens with one attached hydrogen (secondary N) is 1. The minimum atomic E-state index is 0.454. The fraction of sp³-hybridized carbons (Fsp3) is 0.647. The number of hydrogen-bond acceptors (Lipinski definition) is 2. The van der Waals surface area contributed by atoms with Crippen LogP contribution < -0.4 is 5.32 Å². The molecule has 0 aromatic heterocycles. The SMILES string of the molecule is CCCc1ccc(C(C)NCCCCN(C)C)cc1. The molecular weight excluding hydrogens is 232 g/mol. The highest BCUT2D eigenvalue weighted by Gasteiger charge is 2.04. The van der Waals surface area contributed by atoms with Gasteiger partial charge in [-0.15, -0.1) is 0 Å². The van der Waals surface area contributed by atoms with Gasteiger partial charge in [-0.05, 0) is 64.5 Å². The van der Waals surface area contributed by atoms with Crippen LogP contribution in [0.4, 0.5) is 0 Å². The molecule has 1 aromatic carbocycles. The monoisotopic (exact) mass is 262 g/mol. The largest absolute Gasteiger partial charge is 0.310 e. The van der Waals surface area contributed by atoms with E-state index in [4.69, 9.17) is 0 Å². The van der Waals surface area contributed by atoms with Crippen molar-refractivity contribution >= 4 is 0 Å². The zero-order valence-corrected chi connectivity index (χ0v) is 13.1. The molecule has 19 heavy (non-hydrogen) atoms. The van der Waals surface area contributed by atoms with E-state index in [-0.39, 0.29) is 0 Å². The first-order valence-corrected chi connectivity index (χ1v) is 7.60. The smallest absolute Gasteiger partial charge is 0.0291 e. The molecule has 1 unspecified atom stereocenters. The molecule has 0 aliphatic rings. The second-order valence-corrected chi connectivity index (χ2v) is 5.68. The van der Waals surface area contributed by atoms with Crippen molar-refractivity contribution in [2.75, 3.05) is 27.2 Å². The van der Waals surface area contributed by atoms with Crippen LogP contribution in [-0.4, -0.2) is 32.1 Å². The van der Waals surface area contributed by atoms with Gasteiger partial charge in [-0.3, -0.25) is 0 Å². The van der Waals surface area contributed by atoms with E-state index in [0.717, 1.165) is 6.54 Å². The van der Waals surface area contributed by atoms with Crippen LogP contribution in [0.5, 0.6) is 0 Å². The topological polar surface area (TPSA) is 15.3 Å². The van der Waals surface area contributed by atoms with Crippen LogP contribution in [0.2, 0.25) is 0 Å². The maximum atomic E-state index is 3.61. The maximum absolute atomic E-state index is 3.61. The minimum Gasteiger partial charge on any atom is -0.310 e. The van der Waals surface area contributed by atoms with Gasteiger partial charge in [0.2, 0.25) is 0 Å². The van der Waals surface area contributed by atoms with E-state index in [0.29, 0.717) is 6.04 Å². The predicted octanol–water partition coefficient (Wildman–Crippen LogP) is 3.63. The van der Waals surface area contributed by atoms with Crippen LogP contribution in [0.25, 0.3) is 0 Å². The van der Waals surface area contributed by atoms with Crippen LogP contribution in [0.1, 0.15) is 50.3 Å². The summed E-state index contributed by atoms with van der Waals surface area (Å²) in [7, 11) is 4.27. The van der Waals surface area contributed by atoms with Crippen LogP contribution in [0.3, 0.4) is 0 Å². The molecule has 0 amide bonds. The summed E-state index contributed by atoms with van der Waals surface area (Å²) in [6.45, 7) is 6.76. The lowest BCUT2D eigenvalue weighted by molar-refractivity contribution is 0.389. The van der Waals surface area contributed by atoms with E-state index in [9.17, 15) is 0 Å². The molecule has 108 valence electrons. The van der Waals surface area contributed by atoms with Crippen molar-refractivity contribution in [2.45, 2.75) is 45.6 Å². The first-order chi connectivity index (χ1) is 9.13. The summed E-state index contributed by atoms with van der Waals surface area (Å²) in [5.41, 5.74) is 2.84. The number of aryl methyl sites for hydroxylation is 1. The molecular formula is C17H30N2. The molecule has 1 N–H and O–H groups in total. The number of rotatable bonds is 9. The lowest BCUT2D eigenvalue weighted by atomic mass is 10.0. The van der Waals surface area contributed by atoms with Gasteiger partial charge < -0.3 is 10.2 Å². The summed E-state index contributed by atoms with van der Waals surface area (Å²) in [4.78, 5) is 2.25. The van der Waals surface area contributed by atoms with Crippen LogP contribution in [0.15, 0.2) is 24.3 Å². The Labute approximate surface area is 119 Å². The van der Waals surface area contributed by atoms with E-state index in [2.05, 4.69) is 62.4 Å². The van der Waals surface area contributed by atoms with Crippen LogP contribution in [-0.2, 0) is 6.42 Å². The third-order valence-electron chi connectivity index (χ3n) is 3.50. The standard InChI is InChI=1S/C17H30N2/c1-5-8-16-9-11-17(12-10-16)15(2)18-13-6-7-14-19(3)4/h9-12,15,18H,5-8,13-14H2,1-4H3. The quantitative estimate of drug-likeness (QED) is 0.684. The van der Waals surface area contributed by atoms with Crippen molar-refractivity contribution in [1.82, 2.24) is 10.2 Å². The van der Waals surface area contributed by atoms with Gasteiger partial charge >= 0.3 is 0 Å². The average Bonchev–Trinajstić information content (AvgIpc) is 2.39. The van der Waals surface area contributed by atoms with Gasteiger partial charge in [-0.25, -0.2) is 0 Å². The lowest BCUT2D eigenvalue weighted by Crippen LogP contribution is -2.21. The van der Waals surface area contributed by atoms with Crippen LogP contribution >= 0.6 is 0 Å². The third-order valence-corrected chi connectivity index (χ3v) is 3.50. The summed E-state index contributed by atoms with van der Waals surface area (Å²) in [6, 6.07) is 9.52. The lowest BCUT2D eigenvalue weighted by Gasteiger charge is -2.15. The Morgan fingerprint density at radius 1 is 1.11 bits per heavy atom. The summed E-state index contributed by atoms with van der Waals surface area (Å²) in [5, 5.41) is 3.61. The van der Waals surface area contributed by atoms with E-state index in [1.165, 1.54) is 43.4 Å². The molecule has 0 heterocycles. The van der Waals surface area contributed by atoms with Gasteiger partial charge in [0.25, 0.3) is 0 Å². The molecule has 1 aromatic rings. The molecule has 0 saturated heterocycles. The zero-order valence-electron chi connectivity index (χ0n) is 13.1. The molecule has 0 bridgehead atoms. The highest BCUT2D eigenvalue weighted by atomic mass is 15.0. The van der Waals surface area contributed by atoms with Crippen molar-refractivity contribution in [3.8, 4) is 0 Å². The Morgan fingerprint density at radius 2 is 1.79 bits per heavy atom. The van der Waals surface area contributed by atoms with Crippen molar-refractivity contribution in [1.29, 1.82) is 0 Å². The van der Waals surface area contributed by atoms with Crippen molar-refractivity contribution in [2.24, 2.45) is 0 Å². The van der Waals surface area contributed by atoms with Crippen LogP contribution in [0, 0.1) is 0 Å². The minimum absolute atomic E-state index is 0.454. The van der Waals surface area contributed by atoms with Gasteiger partial charge in [0.1, 0.15) is 0 Å². The summed E-state index contributed by atoms with van der Waals surface area (Å²) < 4.78 is 0. The second-order valence-electron chi connectivity index (χ2n) is 5.68. The zero-order chi connectivity index (χ0) is 14.1. The van der Waals surface area contributed by atoms with E-state index in [1.807, 2.05) is 0 Å². The fourth-order valence-corrected chi connectivity index (χ4v) is 2.25. The Balaban J connectivity index is 2.26. The summed E-state index contributed by atoms with van der Waals surface area (Å²) in [5.74, 6) is 0. The maximum Gasteiger partial charge on any atom is 0.0291 e. The van der Waals surface area contributed by atoms with E-state index < -0.39 is 0 Å². The Hall–Kier alpha value is -0.860. The van der Waals surface area contributed by atoms with E-state index >= 15 is 0 Å². The van der Waals surface area contributed by atoms with Crippen molar-refractivity contribution in [3.63, 3.8) is 0 Å². The molecule has 0 radical (unpaired) electrons. The highest BCUT2D eigenvalue weighted by molar-refractivity contribution is 5.24. The average molecular weight is 262 g/mol. The van der Waals surface area contributed by atoms with Gasteiger partial charge in [0.15, 0.2) is 0 Å². The molecule has 0 aliphatic heterocycles. The highest BCUT2D eigenvalue weighted by Crippen LogP contribution is 2.14. The van der Waals surface area contributed by atoms with Gasteiger partial charge in [0.05, 0.1) is 0 Å². The number of nitrogens with zero attached hydrogens (tertiary/aromatic N) is 1. The molecule has 0 saturated carbocycles. The predicted molar refractivity (Wildman–Crippen MR) is 84.6 cm³/mol. The molecule has 0 spiro atoms. The van der Waals surface area contributed by atoms with E-state index in [1.54, 1.807) is 0 Å². The Kier molecular flexibility index (Phi) is 7.76. The fourth-order valence-electron chi connectivity index (χ4n) is 2.25. The molecule has 0 aliphatic carbocycles. The summed E-state index contributed by atoms with van der Waals surface area (Å²) in [6.07, 6.45) is 4.92. The first-order valence-electron chi connectivity index (χ1n) is 7.60. The summed E-state index contributed by atoms with van der Waals surface area (Å²) >= 11 is 0. The second kappa shape index (κ2) is 9.11. The molecule has 2 nitrogen and oxygen atoms in total. The number of benzene rings is 1. The normalized spacial score (nSPS) is 12.9. The molecule has 2 heteroatoms. The Bertz CT molecular complexity index is 330. The van der Waals surface area contributed by atoms with Gasteiger partial charge in [-0.2, -0.15) is 0 Å². The van der Waals surface area contributed by atoms with Gasteiger partial charge in [-0.1, -0.05) is 37.6 Å². The molecule has 1 rings (SSSR count). The molecule has 1 atom stereocenters. The van der Waals surface area contributed by atoms with Gasteiger partial charge in [0, 0.05) is 6.04 Å². The van der Waals surface area contributed by atoms with Crippen molar-refractivity contribution < 1.29 is 0 Å². The van der Waals surface area contributed by atoms with Crippen molar-refractivity contribution in [3.05, 3.63) is 35.4 Å².